The Kier molecular flexibility index (Phi) is 6.12. The van der Waals surface area contributed by atoms with E-state index in [9.17, 15) is 18.0 Å². The number of para-hydroxylation sites is 1. The predicted octanol–water partition coefficient (Wildman–Crippen LogP) is 3.67. The lowest BCUT2D eigenvalue weighted by atomic mass is 10.1. The molecule has 0 radical (unpaired) electrons. The Morgan fingerprint density at radius 2 is 1.50 bits per heavy atom. The second kappa shape index (κ2) is 9.03. The molecule has 1 aromatic heterocycles. The van der Waals surface area contributed by atoms with Gasteiger partial charge in [0, 0.05) is 35.4 Å². The molecule has 0 aliphatic heterocycles. The first-order chi connectivity index (χ1) is 16.2. The number of fused-ring (bicyclic) bond motifs is 1. The van der Waals surface area contributed by atoms with Crippen molar-refractivity contribution in [3.63, 3.8) is 0 Å². The molecule has 0 saturated heterocycles. The second-order valence-corrected chi connectivity index (χ2v) is 9.69. The summed E-state index contributed by atoms with van der Waals surface area (Å²) in [5.74, 6) is -1.03. The monoisotopic (exact) mass is 476 g/mol. The number of carbonyl (C=O) groups excluding carboxylic acids is 2. The van der Waals surface area contributed by atoms with Crippen LogP contribution in [0.25, 0.3) is 10.9 Å². The predicted molar refractivity (Wildman–Crippen MR) is 131 cm³/mol. The van der Waals surface area contributed by atoms with Gasteiger partial charge in [0.2, 0.25) is 0 Å². The molecular weight excluding hydrogens is 452 g/mol. The molecule has 0 aliphatic rings. The third kappa shape index (κ3) is 4.65. The van der Waals surface area contributed by atoms with Crippen molar-refractivity contribution in [2.24, 2.45) is 7.05 Å². The maximum absolute atomic E-state index is 12.7. The molecule has 0 saturated carbocycles. The second-order valence-electron chi connectivity index (χ2n) is 8.01. The van der Waals surface area contributed by atoms with Crippen LogP contribution in [0.15, 0.2) is 77.8 Å². The van der Waals surface area contributed by atoms with Crippen molar-refractivity contribution >= 4 is 38.4 Å². The third-order valence-electron chi connectivity index (χ3n) is 5.62. The van der Waals surface area contributed by atoms with Crippen molar-refractivity contribution in [2.45, 2.75) is 18.7 Å². The molecule has 4 aromatic rings. The van der Waals surface area contributed by atoms with Gasteiger partial charge >= 0.3 is 0 Å². The van der Waals surface area contributed by atoms with Gasteiger partial charge in [-0.3, -0.25) is 25.2 Å². The molecule has 3 aromatic carbocycles. The Morgan fingerprint density at radius 3 is 2.21 bits per heavy atom. The number of nitrogens with zero attached hydrogens (tertiary/aromatic N) is 1. The lowest BCUT2D eigenvalue weighted by Gasteiger charge is -2.11. The zero-order valence-electron chi connectivity index (χ0n) is 18.9. The summed E-state index contributed by atoms with van der Waals surface area (Å²) in [6.45, 7) is 3.85. The van der Waals surface area contributed by atoms with Crippen molar-refractivity contribution in [1.82, 2.24) is 15.4 Å². The molecule has 0 spiro atoms. The summed E-state index contributed by atoms with van der Waals surface area (Å²) in [6, 6.07) is 18.2. The molecular formula is C25H24N4O4S. The number of anilines is 1. The summed E-state index contributed by atoms with van der Waals surface area (Å²) in [5, 5.41) is 0.766. The summed E-state index contributed by atoms with van der Waals surface area (Å²) >= 11 is 0. The van der Waals surface area contributed by atoms with E-state index in [2.05, 4.69) is 15.6 Å². The van der Waals surface area contributed by atoms with Crippen LogP contribution in [-0.2, 0) is 17.1 Å². The molecule has 1 heterocycles. The minimum atomic E-state index is -3.82. The van der Waals surface area contributed by atoms with Crippen LogP contribution < -0.4 is 15.6 Å². The van der Waals surface area contributed by atoms with Crippen molar-refractivity contribution in [3.8, 4) is 0 Å². The van der Waals surface area contributed by atoms with Gasteiger partial charge in [-0.25, -0.2) is 8.42 Å². The molecule has 2 amide bonds. The number of sulfonamides is 1. The Bertz CT molecular complexity index is 1510. The fourth-order valence-corrected chi connectivity index (χ4v) is 4.63. The molecule has 0 aliphatic carbocycles. The molecule has 0 fully saturated rings. The van der Waals surface area contributed by atoms with Crippen LogP contribution in [0.4, 0.5) is 5.69 Å². The normalized spacial score (nSPS) is 11.3. The number of aryl methyl sites for hydroxylation is 3. The largest absolute Gasteiger partial charge is 0.350 e. The van der Waals surface area contributed by atoms with Gasteiger partial charge in [0.15, 0.2) is 0 Å². The van der Waals surface area contributed by atoms with Crippen molar-refractivity contribution in [3.05, 3.63) is 95.2 Å². The molecule has 34 heavy (non-hydrogen) atoms. The molecule has 0 unspecified atom stereocenters. The SMILES string of the molecule is Cc1ccc(NS(=O)(=O)c2ccc(C(=O)NNC(=O)c3cn(C)c4ccccc34)cc2)cc1C. The van der Waals surface area contributed by atoms with Gasteiger partial charge in [-0.05, 0) is 67.4 Å². The molecule has 8 nitrogen and oxygen atoms in total. The van der Waals surface area contributed by atoms with E-state index in [1.807, 2.05) is 55.8 Å². The highest BCUT2D eigenvalue weighted by Crippen LogP contribution is 2.21. The molecule has 4 rings (SSSR count). The number of nitrogens with one attached hydrogen (secondary N) is 3. The van der Waals surface area contributed by atoms with E-state index in [4.69, 9.17) is 0 Å². The van der Waals surface area contributed by atoms with Crippen LogP contribution in [0.5, 0.6) is 0 Å². The fraction of sp³-hybridized carbons (Fsp3) is 0.120. The number of benzene rings is 3. The number of hydrogen-bond acceptors (Lipinski definition) is 4. The minimum absolute atomic E-state index is 0.0158. The van der Waals surface area contributed by atoms with Crippen molar-refractivity contribution < 1.29 is 18.0 Å². The highest BCUT2D eigenvalue weighted by atomic mass is 32.2. The fourth-order valence-electron chi connectivity index (χ4n) is 3.58. The summed E-state index contributed by atoms with van der Waals surface area (Å²) in [7, 11) is -1.98. The first kappa shape index (κ1) is 23.1. The van der Waals surface area contributed by atoms with E-state index in [-0.39, 0.29) is 10.5 Å². The average Bonchev–Trinajstić information content (AvgIpc) is 3.16. The van der Waals surface area contributed by atoms with Gasteiger partial charge in [0.1, 0.15) is 0 Å². The van der Waals surface area contributed by atoms with Gasteiger partial charge in [0.05, 0.1) is 10.5 Å². The number of amides is 2. The van der Waals surface area contributed by atoms with E-state index in [1.54, 1.807) is 18.3 Å². The summed E-state index contributed by atoms with van der Waals surface area (Å²) in [5.41, 5.74) is 8.79. The van der Waals surface area contributed by atoms with E-state index in [0.717, 1.165) is 22.0 Å². The molecule has 0 bridgehead atoms. The smallest absolute Gasteiger partial charge is 0.271 e. The first-order valence-electron chi connectivity index (χ1n) is 10.5. The van der Waals surface area contributed by atoms with Crippen LogP contribution in [-0.4, -0.2) is 24.8 Å². The van der Waals surface area contributed by atoms with Gasteiger partial charge in [-0.1, -0.05) is 24.3 Å². The van der Waals surface area contributed by atoms with Gasteiger partial charge < -0.3 is 4.57 Å². The number of aromatic nitrogens is 1. The van der Waals surface area contributed by atoms with Crippen molar-refractivity contribution in [1.29, 1.82) is 0 Å². The lowest BCUT2D eigenvalue weighted by Crippen LogP contribution is -2.41. The lowest BCUT2D eigenvalue weighted by molar-refractivity contribution is 0.0847. The highest BCUT2D eigenvalue weighted by Gasteiger charge is 2.17. The summed E-state index contributed by atoms with van der Waals surface area (Å²) < 4.78 is 29.7. The van der Waals surface area contributed by atoms with Crippen LogP contribution in [0, 0.1) is 13.8 Å². The molecule has 0 atom stereocenters. The maximum Gasteiger partial charge on any atom is 0.271 e. The van der Waals surface area contributed by atoms with E-state index in [1.165, 1.54) is 24.3 Å². The number of rotatable bonds is 5. The standard InChI is InChI=1S/C25H24N4O4S/c1-16-8-11-19(14-17(16)2)28-34(32,33)20-12-9-18(10-13-20)24(30)26-27-25(31)22-15-29(3)23-7-5-4-6-21(22)23/h4-15,28H,1-3H3,(H,26,30)(H,27,31). The van der Waals surface area contributed by atoms with Crippen molar-refractivity contribution in [2.75, 3.05) is 4.72 Å². The van der Waals surface area contributed by atoms with E-state index in [0.29, 0.717) is 11.3 Å². The van der Waals surface area contributed by atoms with Gasteiger partial charge in [-0.15, -0.1) is 0 Å². The Hall–Kier alpha value is -4.11. The molecule has 9 heteroatoms. The summed E-state index contributed by atoms with van der Waals surface area (Å²) in [4.78, 5) is 25.1. The van der Waals surface area contributed by atoms with Gasteiger partial charge in [-0.2, -0.15) is 0 Å². The Morgan fingerprint density at radius 1 is 0.824 bits per heavy atom. The van der Waals surface area contributed by atoms with Crippen LogP contribution >= 0.6 is 0 Å². The van der Waals surface area contributed by atoms with Crippen LogP contribution in [0.3, 0.4) is 0 Å². The van der Waals surface area contributed by atoms with E-state index >= 15 is 0 Å². The zero-order chi connectivity index (χ0) is 24.5. The number of carbonyl (C=O) groups is 2. The minimum Gasteiger partial charge on any atom is -0.350 e. The van der Waals surface area contributed by atoms with Gasteiger partial charge in [0.25, 0.3) is 21.8 Å². The van der Waals surface area contributed by atoms with E-state index < -0.39 is 21.8 Å². The highest BCUT2D eigenvalue weighted by molar-refractivity contribution is 7.92. The van der Waals surface area contributed by atoms with Crippen LogP contribution in [0.2, 0.25) is 0 Å². The molecule has 3 N–H and O–H groups in total. The number of hydrazine groups is 1. The quantitative estimate of drug-likeness (QED) is 0.382. The third-order valence-corrected chi connectivity index (χ3v) is 7.01. The zero-order valence-corrected chi connectivity index (χ0v) is 19.7. The Balaban J connectivity index is 1.42. The Labute approximate surface area is 197 Å². The average molecular weight is 477 g/mol. The topological polar surface area (TPSA) is 109 Å². The summed E-state index contributed by atoms with van der Waals surface area (Å²) in [6.07, 6.45) is 1.69. The number of hydrogen-bond donors (Lipinski definition) is 3. The maximum atomic E-state index is 12.7. The van der Waals surface area contributed by atoms with Crippen LogP contribution in [0.1, 0.15) is 31.8 Å². The first-order valence-corrected chi connectivity index (χ1v) is 12.0. The molecule has 174 valence electrons.